The molecular weight excluding hydrogens is 387 g/mol. The van der Waals surface area contributed by atoms with Crippen molar-refractivity contribution >= 4 is 29.9 Å². The van der Waals surface area contributed by atoms with E-state index in [0.29, 0.717) is 46.7 Å². The Morgan fingerprint density at radius 2 is 2.04 bits per heavy atom. The molecular formula is C20H30Cl2N2O3. The Labute approximate surface area is 173 Å². The lowest BCUT2D eigenvalue weighted by Gasteiger charge is -2.25. The number of benzene rings is 1. The molecule has 0 spiro atoms. The highest BCUT2D eigenvalue weighted by Gasteiger charge is 2.32. The molecule has 1 amide bonds. The highest BCUT2D eigenvalue weighted by Crippen LogP contribution is 2.37. The van der Waals surface area contributed by atoms with E-state index < -0.39 is 0 Å². The van der Waals surface area contributed by atoms with E-state index in [0.717, 1.165) is 32.4 Å². The van der Waals surface area contributed by atoms with E-state index in [9.17, 15) is 4.79 Å². The first-order valence-corrected chi connectivity index (χ1v) is 9.91. The number of rotatable bonds is 6. The van der Waals surface area contributed by atoms with E-state index in [2.05, 4.69) is 19.2 Å². The van der Waals surface area contributed by atoms with Gasteiger partial charge in [0, 0.05) is 30.7 Å². The number of nitrogens with zero attached hydrogens (tertiary/aromatic N) is 1. The Kier molecular flexibility index (Phi) is 8.07. The van der Waals surface area contributed by atoms with Crippen LogP contribution in [0.3, 0.4) is 0 Å². The highest BCUT2D eigenvalue weighted by atomic mass is 35.5. The molecule has 2 aliphatic heterocycles. The molecule has 0 radical (unpaired) electrons. The molecule has 27 heavy (non-hydrogen) atoms. The zero-order valence-corrected chi connectivity index (χ0v) is 17.9. The Bertz CT molecular complexity index is 654. The van der Waals surface area contributed by atoms with Crippen molar-refractivity contribution in [2.45, 2.75) is 51.6 Å². The van der Waals surface area contributed by atoms with Gasteiger partial charge in [-0.2, -0.15) is 0 Å². The fraction of sp³-hybridized carbons (Fsp3) is 0.650. The van der Waals surface area contributed by atoms with Gasteiger partial charge in [-0.15, -0.1) is 12.4 Å². The molecule has 7 heteroatoms. The number of fused-ring (bicyclic) bond motifs is 2. The van der Waals surface area contributed by atoms with Crippen LogP contribution < -0.4 is 14.8 Å². The van der Waals surface area contributed by atoms with E-state index in [-0.39, 0.29) is 18.3 Å². The number of carbonyl (C=O) groups is 1. The summed E-state index contributed by atoms with van der Waals surface area (Å²) in [4.78, 5) is 14.9. The van der Waals surface area contributed by atoms with Crippen molar-refractivity contribution in [2.75, 3.05) is 26.8 Å². The summed E-state index contributed by atoms with van der Waals surface area (Å²) in [7, 11) is 1.57. The van der Waals surface area contributed by atoms with Crippen LogP contribution in [0.25, 0.3) is 0 Å². The average molecular weight is 417 g/mol. The molecule has 0 aromatic heterocycles. The monoisotopic (exact) mass is 416 g/mol. The zero-order chi connectivity index (χ0) is 18.7. The lowest BCUT2D eigenvalue weighted by atomic mass is 10.1. The van der Waals surface area contributed by atoms with Crippen LogP contribution in [0.1, 0.15) is 49.9 Å². The van der Waals surface area contributed by atoms with Crippen molar-refractivity contribution in [1.82, 2.24) is 10.2 Å². The summed E-state index contributed by atoms with van der Waals surface area (Å²) < 4.78 is 11.3. The Hall–Kier alpha value is -1.17. The predicted octanol–water partition coefficient (Wildman–Crippen LogP) is 4.16. The highest BCUT2D eigenvalue weighted by molar-refractivity contribution is 6.32. The van der Waals surface area contributed by atoms with Crippen molar-refractivity contribution in [1.29, 1.82) is 0 Å². The maximum Gasteiger partial charge on any atom is 0.254 e. The van der Waals surface area contributed by atoms with Gasteiger partial charge < -0.3 is 19.7 Å². The van der Waals surface area contributed by atoms with Gasteiger partial charge in [0.2, 0.25) is 0 Å². The molecule has 1 aromatic rings. The molecule has 2 atom stereocenters. The first kappa shape index (κ1) is 22.1. The number of hydrogen-bond donors (Lipinski definition) is 1. The fourth-order valence-electron chi connectivity index (χ4n) is 3.69. The van der Waals surface area contributed by atoms with Crippen LogP contribution in [-0.4, -0.2) is 49.7 Å². The zero-order valence-electron chi connectivity index (χ0n) is 16.3. The Morgan fingerprint density at radius 3 is 2.74 bits per heavy atom. The normalized spacial score (nSPS) is 21.6. The Morgan fingerprint density at radius 1 is 1.30 bits per heavy atom. The van der Waals surface area contributed by atoms with Crippen molar-refractivity contribution in [3.63, 3.8) is 0 Å². The second-order valence-corrected chi connectivity index (χ2v) is 8.11. The summed E-state index contributed by atoms with van der Waals surface area (Å²) in [6, 6.07) is 4.40. The topological polar surface area (TPSA) is 50.8 Å². The van der Waals surface area contributed by atoms with Crippen LogP contribution in [-0.2, 0) is 0 Å². The molecule has 1 aromatic carbocycles. The van der Waals surface area contributed by atoms with Gasteiger partial charge in [-0.1, -0.05) is 25.4 Å². The number of halogens is 2. The van der Waals surface area contributed by atoms with Gasteiger partial charge in [0.05, 0.1) is 18.7 Å². The smallest absolute Gasteiger partial charge is 0.254 e. The van der Waals surface area contributed by atoms with Gasteiger partial charge in [0.15, 0.2) is 11.5 Å². The van der Waals surface area contributed by atoms with Gasteiger partial charge >= 0.3 is 0 Å². The molecule has 2 heterocycles. The lowest BCUT2D eigenvalue weighted by Crippen LogP contribution is -2.39. The minimum atomic E-state index is 0. The summed E-state index contributed by atoms with van der Waals surface area (Å²) in [5.74, 6) is 1.59. The molecule has 3 rings (SSSR count). The van der Waals surface area contributed by atoms with Gasteiger partial charge in [-0.3, -0.25) is 4.79 Å². The number of amides is 1. The van der Waals surface area contributed by atoms with Crippen LogP contribution in [0, 0.1) is 5.92 Å². The first-order valence-electron chi connectivity index (χ1n) is 9.53. The standard InChI is InChI=1S/C20H29ClN2O3.ClH/c1-13(2)7-9-26-19-17(21)10-14(11-18(19)25-3)20(24)23-8-6-15-4-5-16(12-23)22-15;/h10-11,13,15-16,22H,4-9,12H2,1-3H3;1H. The predicted molar refractivity (Wildman–Crippen MR) is 111 cm³/mol. The van der Waals surface area contributed by atoms with Crippen LogP contribution in [0.4, 0.5) is 0 Å². The molecule has 5 nitrogen and oxygen atoms in total. The van der Waals surface area contributed by atoms with Gasteiger partial charge in [0.1, 0.15) is 0 Å². The Balaban J connectivity index is 0.00000261. The van der Waals surface area contributed by atoms with E-state index in [1.54, 1.807) is 19.2 Å². The van der Waals surface area contributed by atoms with Gasteiger partial charge in [-0.05, 0) is 43.7 Å². The quantitative estimate of drug-likeness (QED) is 0.755. The SMILES string of the molecule is COc1cc(C(=O)N2CCC3CCC(C2)N3)cc(Cl)c1OCCC(C)C.Cl. The van der Waals surface area contributed by atoms with Crippen molar-refractivity contribution < 1.29 is 14.3 Å². The first-order chi connectivity index (χ1) is 12.5. The van der Waals surface area contributed by atoms with Crippen molar-refractivity contribution in [3.8, 4) is 11.5 Å². The number of ether oxygens (including phenoxy) is 2. The van der Waals surface area contributed by atoms with Gasteiger partial charge in [0.25, 0.3) is 5.91 Å². The summed E-state index contributed by atoms with van der Waals surface area (Å²) in [6.45, 7) is 6.39. The maximum absolute atomic E-state index is 13.0. The summed E-state index contributed by atoms with van der Waals surface area (Å²) in [6.07, 6.45) is 4.29. The second kappa shape index (κ2) is 9.85. The van der Waals surface area contributed by atoms with Gasteiger partial charge in [-0.25, -0.2) is 0 Å². The molecule has 2 unspecified atom stereocenters. The summed E-state index contributed by atoms with van der Waals surface area (Å²) in [5.41, 5.74) is 0.556. The molecule has 2 bridgehead atoms. The third-order valence-corrected chi connectivity index (χ3v) is 5.51. The second-order valence-electron chi connectivity index (χ2n) is 7.70. The largest absolute Gasteiger partial charge is 0.493 e. The molecule has 2 fully saturated rings. The van der Waals surface area contributed by atoms with Crippen molar-refractivity contribution in [2.24, 2.45) is 5.92 Å². The molecule has 0 saturated carbocycles. The van der Waals surface area contributed by atoms with E-state index >= 15 is 0 Å². The van der Waals surface area contributed by atoms with Crippen LogP contribution in [0.5, 0.6) is 11.5 Å². The number of likely N-dealkylation sites (tertiary alicyclic amines) is 1. The fourth-order valence-corrected chi connectivity index (χ4v) is 3.96. The molecule has 1 N–H and O–H groups in total. The molecule has 152 valence electrons. The summed E-state index contributed by atoms with van der Waals surface area (Å²) in [5, 5.41) is 4.02. The minimum absolute atomic E-state index is 0. The number of hydrogen-bond acceptors (Lipinski definition) is 4. The van der Waals surface area contributed by atoms with E-state index in [1.165, 1.54) is 6.42 Å². The number of nitrogens with one attached hydrogen (secondary N) is 1. The number of methoxy groups -OCH3 is 1. The lowest BCUT2D eigenvalue weighted by molar-refractivity contribution is 0.0747. The molecule has 0 aliphatic carbocycles. The minimum Gasteiger partial charge on any atom is -0.493 e. The van der Waals surface area contributed by atoms with Crippen LogP contribution in [0.15, 0.2) is 12.1 Å². The average Bonchev–Trinajstić information content (AvgIpc) is 2.94. The van der Waals surface area contributed by atoms with Crippen molar-refractivity contribution in [3.05, 3.63) is 22.7 Å². The number of carbonyl (C=O) groups excluding carboxylic acids is 1. The third-order valence-electron chi connectivity index (χ3n) is 5.23. The van der Waals surface area contributed by atoms with Crippen LogP contribution in [0.2, 0.25) is 5.02 Å². The van der Waals surface area contributed by atoms with E-state index in [4.69, 9.17) is 21.1 Å². The summed E-state index contributed by atoms with van der Waals surface area (Å²) >= 11 is 6.42. The maximum atomic E-state index is 13.0. The van der Waals surface area contributed by atoms with Crippen LogP contribution >= 0.6 is 24.0 Å². The molecule has 2 aliphatic rings. The molecule has 2 saturated heterocycles. The third kappa shape index (κ3) is 5.43. The van der Waals surface area contributed by atoms with E-state index in [1.807, 2.05) is 4.90 Å².